The number of likely N-dealkylation sites (tertiary alicyclic amines) is 1. The van der Waals surface area contributed by atoms with Crippen molar-refractivity contribution in [2.24, 2.45) is 11.8 Å². The topological polar surface area (TPSA) is 90.4 Å². The number of thioether (sulfide) groups is 1. The Morgan fingerprint density at radius 1 is 1.18 bits per heavy atom. The lowest BCUT2D eigenvalue weighted by Gasteiger charge is -2.39. The molecule has 4 rings (SSSR count). The van der Waals surface area contributed by atoms with Gasteiger partial charge in [0.1, 0.15) is 11.8 Å². The van der Waals surface area contributed by atoms with E-state index in [4.69, 9.17) is 4.74 Å². The van der Waals surface area contributed by atoms with E-state index in [1.807, 2.05) is 26.0 Å². The monoisotopic (exact) mass is 569 g/mol. The minimum atomic E-state index is -0.812. The number of ether oxygens (including phenoxy) is 1. The average molecular weight is 570 g/mol. The molecular weight excluding hydrogens is 526 g/mol. The van der Waals surface area contributed by atoms with Crippen LogP contribution in [-0.2, 0) is 14.4 Å². The highest BCUT2D eigenvalue weighted by molar-refractivity contribution is 8.02. The predicted octanol–water partition coefficient (Wildman–Crippen LogP) is 3.89. The number of benzene rings is 1. The molecule has 1 spiro atoms. The third kappa shape index (κ3) is 4.75. The molecule has 3 aliphatic heterocycles. The maximum atomic E-state index is 14.7. The molecule has 2 bridgehead atoms. The quantitative estimate of drug-likeness (QED) is 0.363. The Kier molecular flexibility index (Phi) is 9.05. The first-order chi connectivity index (χ1) is 19.2. The van der Waals surface area contributed by atoms with Crippen LogP contribution in [0.4, 0.5) is 5.69 Å². The summed E-state index contributed by atoms with van der Waals surface area (Å²) in [6, 6.07) is 5.91. The molecule has 3 saturated heterocycles. The summed E-state index contributed by atoms with van der Waals surface area (Å²) in [5.41, 5.74) is 0.673. The maximum absolute atomic E-state index is 14.7. The van der Waals surface area contributed by atoms with Gasteiger partial charge in [0.05, 0.1) is 36.3 Å². The Labute approximate surface area is 242 Å². The van der Waals surface area contributed by atoms with E-state index in [9.17, 15) is 19.5 Å². The largest absolute Gasteiger partial charge is 0.497 e. The number of methoxy groups -OCH3 is 1. The molecule has 3 fully saturated rings. The number of carbonyl (C=O) groups excluding carboxylic acids is 3. The van der Waals surface area contributed by atoms with Crippen molar-refractivity contribution in [1.29, 1.82) is 0 Å². The fourth-order valence-corrected chi connectivity index (χ4v) is 9.43. The SMILES string of the molecule is C=CCN(CCC)C(=O)[C@H]1[C@H]2C(=O)N([C@@H](CC)CO)C(C(=O)N(CC=C)c3ccc(OC)cc3)C23CC[C@]1(C)S3. The Balaban J connectivity index is 1.82. The molecule has 6 atom stereocenters. The van der Waals surface area contributed by atoms with Crippen LogP contribution in [0.25, 0.3) is 0 Å². The Morgan fingerprint density at radius 3 is 2.40 bits per heavy atom. The standard InChI is InChI=1S/C31H43N3O5S/c1-7-17-32(18-8-2)27(36)24-25-28(37)34(21(10-4)20-35)26(31(25)16-15-30(24,5)40-31)29(38)33(19-9-3)22-11-13-23(39-6)14-12-22/h7,9,11-14,21,24-26,35H,1,3,8,10,15-20H2,2,4-6H3/t21-,24+,25-,26?,30-,31?/m0/s1. The van der Waals surface area contributed by atoms with Crippen molar-refractivity contribution in [2.75, 3.05) is 38.3 Å². The molecule has 8 nitrogen and oxygen atoms in total. The molecule has 0 aromatic heterocycles. The molecule has 0 saturated carbocycles. The van der Waals surface area contributed by atoms with Gasteiger partial charge < -0.3 is 24.5 Å². The van der Waals surface area contributed by atoms with Crippen LogP contribution in [0.5, 0.6) is 5.75 Å². The molecule has 3 heterocycles. The summed E-state index contributed by atoms with van der Waals surface area (Å²) in [5.74, 6) is -0.960. The zero-order chi connectivity index (χ0) is 29.2. The van der Waals surface area contributed by atoms with Gasteiger partial charge in [-0.25, -0.2) is 0 Å². The van der Waals surface area contributed by atoms with Gasteiger partial charge in [0.15, 0.2) is 0 Å². The number of hydrogen-bond donors (Lipinski definition) is 1. The van der Waals surface area contributed by atoms with Gasteiger partial charge in [0.2, 0.25) is 11.8 Å². The Hall–Kier alpha value is -2.78. The molecule has 3 aliphatic rings. The van der Waals surface area contributed by atoms with Crippen molar-refractivity contribution in [3.8, 4) is 5.75 Å². The minimum absolute atomic E-state index is 0.0418. The normalized spacial score (nSPS) is 29.2. The second-order valence-electron chi connectivity index (χ2n) is 11.2. The number of aliphatic hydroxyl groups excluding tert-OH is 1. The molecular formula is C31H43N3O5S. The van der Waals surface area contributed by atoms with Crippen LogP contribution in [0.3, 0.4) is 0 Å². The number of aliphatic hydroxyl groups is 1. The summed E-state index contributed by atoms with van der Waals surface area (Å²) in [6.07, 6.45) is 6.09. The van der Waals surface area contributed by atoms with Crippen molar-refractivity contribution in [3.05, 3.63) is 49.6 Å². The van der Waals surface area contributed by atoms with E-state index < -0.39 is 33.4 Å². The Bertz CT molecular complexity index is 1140. The van der Waals surface area contributed by atoms with Crippen LogP contribution in [0, 0.1) is 11.8 Å². The molecule has 40 heavy (non-hydrogen) atoms. The van der Waals surface area contributed by atoms with Gasteiger partial charge in [-0.05, 0) is 56.9 Å². The fourth-order valence-electron chi connectivity index (χ4n) is 7.10. The molecule has 1 N–H and O–H groups in total. The smallest absolute Gasteiger partial charge is 0.251 e. The Morgan fingerprint density at radius 2 is 1.85 bits per heavy atom. The highest BCUT2D eigenvalue weighted by atomic mass is 32.2. The lowest BCUT2D eigenvalue weighted by Crippen LogP contribution is -2.57. The molecule has 0 aliphatic carbocycles. The highest BCUT2D eigenvalue weighted by Gasteiger charge is 2.78. The first-order valence-corrected chi connectivity index (χ1v) is 15.1. The number of fused-ring (bicyclic) bond motifs is 1. The van der Waals surface area contributed by atoms with Gasteiger partial charge in [-0.15, -0.1) is 24.9 Å². The summed E-state index contributed by atoms with van der Waals surface area (Å²) in [6.45, 7) is 14.7. The number of amides is 3. The lowest BCUT2D eigenvalue weighted by atomic mass is 9.66. The van der Waals surface area contributed by atoms with Crippen molar-refractivity contribution in [2.45, 2.75) is 68.0 Å². The predicted molar refractivity (Wildman–Crippen MR) is 159 cm³/mol. The second kappa shape index (κ2) is 12.0. The molecule has 1 aromatic rings. The molecule has 2 unspecified atom stereocenters. The van der Waals surface area contributed by atoms with Crippen molar-refractivity contribution >= 4 is 35.2 Å². The van der Waals surface area contributed by atoms with Gasteiger partial charge in [-0.3, -0.25) is 14.4 Å². The lowest BCUT2D eigenvalue weighted by molar-refractivity contribution is -0.146. The molecule has 1 aromatic carbocycles. The van der Waals surface area contributed by atoms with Gasteiger partial charge >= 0.3 is 0 Å². The summed E-state index contributed by atoms with van der Waals surface area (Å²) in [5, 5.41) is 10.4. The molecule has 9 heteroatoms. The summed E-state index contributed by atoms with van der Waals surface area (Å²) < 4.78 is 4.09. The minimum Gasteiger partial charge on any atom is -0.497 e. The fraction of sp³-hybridized carbons (Fsp3) is 0.581. The van der Waals surface area contributed by atoms with Gasteiger partial charge in [-0.2, -0.15) is 0 Å². The molecule has 0 radical (unpaired) electrons. The zero-order valence-electron chi connectivity index (χ0n) is 24.2. The number of carbonyl (C=O) groups is 3. The maximum Gasteiger partial charge on any atom is 0.251 e. The van der Waals surface area contributed by atoms with E-state index in [0.29, 0.717) is 37.4 Å². The van der Waals surface area contributed by atoms with E-state index in [1.165, 1.54) is 0 Å². The van der Waals surface area contributed by atoms with Crippen molar-refractivity contribution in [3.63, 3.8) is 0 Å². The van der Waals surface area contributed by atoms with E-state index in [2.05, 4.69) is 20.1 Å². The van der Waals surface area contributed by atoms with Gasteiger partial charge in [-0.1, -0.05) is 26.0 Å². The molecule has 218 valence electrons. The van der Waals surface area contributed by atoms with Crippen LogP contribution in [0.15, 0.2) is 49.6 Å². The van der Waals surface area contributed by atoms with Crippen LogP contribution in [0.1, 0.15) is 46.5 Å². The second-order valence-corrected chi connectivity index (χ2v) is 13.1. The summed E-state index contributed by atoms with van der Waals surface area (Å²) >= 11 is 1.65. The number of hydrogen-bond acceptors (Lipinski definition) is 6. The van der Waals surface area contributed by atoms with Crippen LogP contribution in [-0.4, -0.2) is 87.6 Å². The van der Waals surface area contributed by atoms with Crippen molar-refractivity contribution < 1.29 is 24.2 Å². The van der Waals surface area contributed by atoms with Gasteiger partial charge in [0.25, 0.3) is 5.91 Å². The first kappa shape index (κ1) is 30.2. The van der Waals surface area contributed by atoms with Gasteiger partial charge in [0, 0.05) is 30.1 Å². The number of rotatable bonds is 13. The third-order valence-corrected chi connectivity index (χ3v) is 10.9. The van der Waals surface area contributed by atoms with Crippen molar-refractivity contribution in [1.82, 2.24) is 9.80 Å². The van der Waals surface area contributed by atoms with Crippen LogP contribution in [0.2, 0.25) is 0 Å². The first-order valence-electron chi connectivity index (χ1n) is 14.3. The third-order valence-electron chi connectivity index (χ3n) is 8.91. The van der Waals surface area contributed by atoms with Crippen LogP contribution >= 0.6 is 11.8 Å². The van der Waals surface area contributed by atoms with E-state index in [1.54, 1.807) is 57.9 Å². The zero-order valence-corrected chi connectivity index (χ0v) is 25.0. The average Bonchev–Trinajstić information content (AvgIpc) is 3.52. The molecule has 3 amide bonds. The van der Waals surface area contributed by atoms with E-state index in [0.717, 1.165) is 12.8 Å². The highest BCUT2D eigenvalue weighted by Crippen LogP contribution is 2.72. The van der Waals surface area contributed by atoms with Crippen LogP contribution < -0.4 is 9.64 Å². The van der Waals surface area contributed by atoms with E-state index in [-0.39, 0.29) is 30.9 Å². The summed E-state index contributed by atoms with van der Waals surface area (Å²) in [7, 11) is 1.59. The number of anilines is 1. The number of nitrogens with zero attached hydrogens (tertiary/aromatic N) is 3. The van der Waals surface area contributed by atoms with E-state index >= 15 is 0 Å². The summed E-state index contributed by atoms with van der Waals surface area (Å²) in [4.78, 5) is 48.3.